The zero-order chi connectivity index (χ0) is 10.4. The second-order valence-electron chi connectivity index (χ2n) is 2.66. The highest BCUT2D eigenvalue weighted by atomic mass is 16.3. The van der Waals surface area contributed by atoms with Gasteiger partial charge in [0.25, 0.3) is 5.91 Å². The van der Waals surface area contributed by atoms with Crippen molar-refractivity contribution in [2.24, 2.45) is 10.2 Å². The number of aryl methyl sites for hydroxylation is 1. The molecular weight excluding hydrogens is 180 g/mol. The molecule has 0 unspecified atom stereocenters. The number of amides is 1. The summed E-state index contributed by atoms with van der Waals surface area (Å²) in [5, 5.41) is 15.3. The number of hydrogen-bond acceptors (Lipinski definition) is 3. The molecule has 0 aliphatic carbocycles. The summed E-state index contributed by atoms with van der Waals surface area (Å²) in [6.07, 6.45) is 2.67. The number of hydrogen-bond donors (Lipinski definition) is 1. The second-order valence-corrected chi connectivity index (χ2v) is 2.66. The first-order chi connectivity index (χ1) is 6.70. The van der Waals surface area contributed by atoms with E-state index in [1.807, 2.05) is 25.1 Å². The molecule has 0 atom stereocenters. The number of para-hydroxylation sites is 1. The lowest BCUT2D eigenvalue weighted by Crippen LogP contribution is -1.74. The van der Waals surface area contributed by atoms with Crippen LogP contribution in [-0.2, 0) is 4.79 Å². The van der Waals surface area contributed by atoms with Gasteiger partial charge in [0.1, 0.15) is 5.75 Å². The fourth-order valence-electron chi connectivity index (χ4n) is 0.784. The number of azo groups is 1. The van der Waals surface area contributed by atoms with Crippen LogP contribution >= 0.6 is 0 Å². The van der Waals surface area contributed by atoms with Crippen molar-refractivity contribution in [2.75, 3.05) is 0 Å². The van der Waals surface area contributed by atoms with Gasteiger partial charge in [-0.3, -0.25) is 4.79 Å². The van der Waals surface area contributed by atoms with Crippen molar-refractivity contribution >= 4 is 5.91 Å². The molecule has 1 heterocycles. The Morgan fingerprint density at radius 3 is 2.29 bits per heavy atom. The summed E-state index contributed by atoms with van der Waals surface area (Å²) < 4.78 is 0. The van der Waals surface area contributed by atoms with E-state index >= 15 is 0 Å². The number of rotatable bonds is 0. The number of benzene rings is 1. The lowest BCUT2D eigenvalue weighted by Gasteiger charge is -1.92. The third kappa shape index (κ3) is 3.18. The lowest BCUT2D eigenvalue weighted by molar-refractivity contribution is -0.113. The highest BCUT2D eigenvalue weighted by Gasteiger charge is 1.92. The van der Waals surface area contributed by atoms with Gasteiger partial charge in [0.05, 0.1) is 6.20 Å². The van der Waals surface area contributed by atoms with Crippen LogP contribution in [0.1, 0.15) is 5.56 Å². The second kappa shape index (κ2) is 4.91. The number of phenolic OH excluding ortho intramolecular Hbond substituents is 1. The van der Waals surface area contributed by atoms with Gasteiger partial charge in [0.2, 0.25) is 0 Å². The predicted molar refractivity (Wildman–Crippen MR) is 51.8 cm³/mol. The highest BCUT2D eigenvalue weighted by molar-refractivity contribution is 5.89. The first-order valence-corrected chi connectivity index (χ1v) is 4.06. The summed E-state index contributed by atoms with van der Waals surface area (Å²) in [5.41, 5.74) is 0.924. The summed E-state index contributed by atoms with van der Waals surface area (Å²) in [5.74, 6) is 0.0995. The number of carbonyl (C=O) groups is 1. The summed E-state index contributed by atoms with van der Waals surface area (Å²) in [4.78, 5) is 9.90. The van der Waals surface area contributed by atoms with Gasteiger partial charge in [-0.15, -0.1) is 5.11 Å². The van der Waals surface area contributed by atoms with Gasteiger partial charge in [-0.05, 0) is 18.6 Å². The Labute approximate surface area is 81.6 Å². The molecule has 0 radical (unpaired) electrons. The molecule has 0 spiro atoms. The van der Waals surface area contributed by atoms with Crippen LogP contribution in [0.2, 0.25) is 0 Å². The molecule has 1 aliphatic rings. The van der Waals surface area contributed by atoms with Gasteiger partial charge in [0.15, 0.2) is 0 Å². The van der Waals surface area contributed by atoms with Crippen LogP contribution in [0.5, 0.6) is 5.75 Å². The van der Waals surface area contributed by atoms with Crippen molar-refractivity contribution in [3.05, 3.63) is 42.1 Å². The van der Waals surface area contributed by atoms with Crippen molar-refractivity contribution in [1.82, 2.24) is 0 Å². The summed E-state index contributed by atoms with van der Waals surface area (Å²) in [7, 11) is 0. The van der Waals surface area contributed by atoms with Crippen molar-refractivity contribution in [3.63, 3.8) is 0 Å². The zero-order valence-corrected chi connectivity index (χ0v) is 7.71. The molecule has 1 aliphatic heterocycles. The Hall–Kier alpha value is -1.97. The van der Waals surface area contributed by atoms with Gasteiger partial charge >= 0.3 is 0 Å². The molecule has 4 nitrogen and oxygen atoms in total. The average molecular weight is 190 g/mol. The number of aromatic hydroxyl groups is 1. The van der Waals surface area contributed by atoms with E-state index in [1.165, 1.54) is 12.3 Å². The normalized spacial score (nSPS) is 12.5. The molecule has 2 rings (SSSR count). The summed E-state index contributed by atoms with van der Waals surface area (Å²) in [6, 6.07) is 7.25. The maximum Gasteiger partial charge on any atom is 0.289 e. The first kappa shape index (κ1) is 10.1. The first-order valence-electron chi connectivity index (χ1n) is 4.06. The number of phenols is 1. The Morgan fingerprint density at radius 1 is 1.29 bits per heavy atom. The average Bonchev–Trinajstić information content (AvgIpc) is 2.63. The van der Waals surface area contributed by atoms with Crippen molar-refractivity contribution < 1.29 is 9.90 Å². The highest BCUT2D eigenvalue weighted by Crippen LogP contribution is 2.12. The molecule has 4 heteroatoms. The van der Waals surface area contributed by atoms with Crippen molar-refractivity contribution in [2.45, 2.75) is 6.92 Å². The van der Waals surface area contributed by atoms with Gasteiger partial charge in [-0.1, -0.05) is 18.2 Å². The van der Waals surface area contributed by atoms with Crippen LogP contribution < -0.4 is 0 Å². The zero-order valence-electron chi connectivity index (χ0n) is 7.71. The minimum atomic E-state index is -0.269. The van der Waals surface area contributed by atoms with Crippen LogP contribution in [-0.4, -0.2) is 11.0 Å². The number of nitrogens with zero attached hydrogens (tertiary/aromatic N) is 2. The van der Waals surface area contributed by atoms with Crippen molar-refractivity contribution in [1.29, 1.82) is 0 Å². The minimum absolute atomic E-state index is 0.269. The molecule has 1 aromatic carbocycles. The topological polar surface area (TPSA) is 62.0 Å². The molecule has 0 bridgehead atoms. The molecule has 1 amide bonds. The van der Waals surface area contributed by atoms with E-state index < -0.39 is 0 Å². The molecule has 0 saturated heterocycles. The quantitative estimate of drug-likeness (QED) is 0.681. The predicted octanol–water partition coefficient (Wildman–Crippen LogP) is 2.19. The van der Waals surface area contributed by atoms with Crippen LogP contribution in [0.3, 0.4) is 0 Å². The molecule has 1 N–H and O–H groups in total. The van der Waals surface area contributed by atoms with Crippen LogP contribution in [0.25, 0.3) is 0 Å². The summed E-state index contributed by atoms with van der Waals surface area (Å²) >= 11 is 0. The smallest absolute Gasteiger partial charge is 0.289 e. The van der Waals surface area contributed by atoms with E-state index in [0.29, 0.717) is 5.75 Å². The molecule has 14 heavy (non-hydrogen) atoms. The maximum absolute atomic E-state index is 9.90. The minimum Gasteiger partial charge on any atom is -0.508 e. The van der Waals surface area contributed by atoms with E-state index in [1.54, 1.807) is 6.07 Å². The van der Waals surface area contributed by atoms with Crippen LogP contribution in [0.4, 0.5) is 0 Å². The fraction of sp³-hybridized carbons (Fsp3) is 0.100. The van der Waals surface area contributed by atoms with E-state index in [4.69, 9.17) is 5.11 Å². The molecule has 0 fully saturated rings. The van der Waals surface area contributed by atoms with Gasteiger partial charge in [0, 0.05) is 6.08 Å². The molecule has 1 aromatic rings. The van der Waals surface area contributed by atoms with Gasteiger partial charge in [-0.2, -0.15) is 5.11 Å². The SMILES string of the molecule is Cc1ccccc1O.O=C1C=CN=N1. The molecule has 0 saturated carbocycles. The lowest BCUT2D eigenvalue weighted by atomic mass is 10.2. The van der Waals surface area contributed by atoms with Gasteiger partial charge < -0.3 is 5.11 Å². The Balaban J connectivity index is 0.000000146. The van der Waals surface area contributed by atoms with E-state index in [9.17, 15) is 4.79 Å². The summed E-state index contributed by atoms with van der Waals surface area (Å²) in [6.45, 7) is 1.87. The molecule has 0 aromatic heterocycles. The van der Waals surface area contributed by atoms with E-state index in [0.717, 1.165) is 5.56 Å². The van der Waals surface area contributed by atoms with Crippen LogP contribution in [0.15, 0.2) is 46.8 Å². The van der Waals surface area contributed by atoms with Crippen LogP contribution in [0, 0.1) is 6.92 Å². The third-order valence-electron chi connectivity index (χ3n) is 1.56. The van der Waals surface area contributed by atoms with E-state index in [2.05, 4.69) is 10.2 Å². The monoisotopic (exact) mass is 190 g/mol. The van der Waals surface area contributed by atoms with Gasteiger partial charge in [-0.25, -0.2) is 0 Å². The number of carbonyl (C=O) groups excluding carboxylic acids is 1. The Morgan fingerprint density at radius 2 is 2.00 bits per heavy atom. The largest absolute Gasteiger partial charge is 0.508 e. The maximum atomic E-state index is 9.90. The Kier molecular flexibility index (Phi) is 3.55. The molecular formula is C10H10N2O2. The fourth-order valence-corrected chi connectivity index (χ4v) is 0.784. The standard InChI is InChI=1S/C7H8O.C3H2N2O/c1-6-4-2-3-5-7(6)8;6-3-1-2-4-5-3/h2-5,8H,1H3;1-2H. The molecule has 72 valence electrons. The third-order valence-corrected chi connectivity index (χ3v) is 1.56. The van der Waals surface area contributed by atoms with Crippen molar-refractivity contribution in [3.8, 4) is 5.75 Å². The Bertz CT molecular complexity index is 348. The van der Waals surface area contributed by atoms with E-state index in [-0.39, 0.29) is 5.91 Å².